The largest absolute Gasteiger partial charge is 0.388 e. The summed E-state index contributed by atoms with van der Waals surface area (Å²) in [7, 11) is 1.58. The molecule has 0 saturated carbocycles. The van der Waals surface area contributed by atoms with Gasteiger partial charge < -0.3 is 15.3 Å². The first-order chi connectivity index (χ1) is 11.0. The number of aryl methyl sites for hydroxylation is 1. The van der Waals surface area contributed by atoms with Gasteiger partial charge in [0.15, 0.2) is 0 Å². The van der Waals surface area contributed by atoms with Crippen LogP contribution in [0.3, 0.4) is 0 Å². The van der Waals surface area contributed by atoms with E-state index in [0.717, 1.165) is 12.0 Å². The monoisotopic (exact) mass is 319 g/mol. The van der Waals surface area contributed by atoms with Crippen LogP contribution in [-0.4, -0.2) is 52.5 Å². The van der Waals surface area contributed by atoms with E-state index < -0.39 is 5.60 Å². The average molecular weight is 319 g/mol. The summed E-state index contributed by atoms with van der Waals surface area (Å²) in [5, 5.41) is 13.2. The molecule has 6 nitrogen and oxygen atoms in total. The fourth-order valence-electron chi connectivity index (χ4n) is 2.96. The summed E-state index contributed by atoms with van der Waals surface area (Å²) < 4.78 is 0. The zero-order chi connectivity index (χ0) is 16.7. The number of carbonyl (C=O) groups excluding carboxylic acids is 2. The Hall–Kier alpha value is -1.95. The molecule has 0 radical (unpaired) electrons. The van der Waals surface area contributed by atoms with E-state index >= 15 is 0 Å². The minimum absolute atomic E-state index is 0.0481. The van der Waals surface area contributed by atoms with E-state index in [-0.39, 0.29) is 18.2 Å². The second-order valence-electron chi connectivity index (χ2n) is 6.18. The third-order valence-corrected chi connectivity index (χ3v) is 4.35. The maximum Gasteiger partial charge on any atom is 0.223 e. The molecule has 6 heteroatoms. The van der Waals surface area contributed by atoms with Crippen molar-refractivity contribution < 1.29 is 14.7 Å². The molecular formula is C17H25N3O3. The maximum absolute atomic E-state index is 12.4. The Kier molecular flexibility index (Phi) is 6.10. The highest BCUT2D eigenvalue weighted by Gasteiger charge is 2.35. The number of carbonyl (C=O) groups is 2. The van der Waals surface area contributed by atoms with E-state index in [1.807, 2.05) is 12.1 Å². The van der Waals surface area contributed by atoms with Crippen LogP contribution in [0.1, 0.15) is 37.7 Å². The number of nitrogens with one attached hydrogen (secondary N) is 1. The Morgan fingerprint density at radius 1 is 1.43 bits per heavy atom. The van der Waals surface area contributed by atoms with Gasteiger partial charge in [-0.25, -0.2) is 0 Å². The summed E-state index contributed by atoms with van der Waals surface area (Å²) in [5.74, 6) is -0.0367. The minimum atomic E-state index is -0.950. The highest BCUT2D eigenvalue weighted by Crippen LogP contribution is 2.26. The summed E-state index contributed by atoms with van der Waals surface area (Å²) in [6.45, 7) is 0.990. The topological polar surface area (TPSA) is 82.5 Å². The molecule has 23 heavy (non-hydrogen) atoms. The van der Waals surface area contributed by atoms with Gasteiger partial charge in [-0.3, -0.25) is 14.6 Å². The number of hydrogen-bond acceptors (Lipinski definition) is 4. The molecule has 0 aliphatic carbocycles. The summed E-state index contributed by atoms with van der Waals surface area (Å²) >= 11 is 0. The number of amides is 2. The van der Waals surface area contributed by atoms with Crippen LogP contribution in [0, 0.1) is 0 Å². The molecule has 1 fully saturated rings. The van der Waals surface area contributed by atoms with Gasteiger partial charge in [0, 0.05) is 45.4 Å². The van der Waals surface area contributed by atoms with Crippen LogP contribution < -0.4 is 5.32 Å². The molecule has 1 aromatic heterocycles. The Labute approximate surface area is 136 Å². The third-order valence-electron chi connectivity index (χ3n) is 4.35. The Morgan fingerprint density at radius 2 is 2.26 bits per heavy atom. The number of aromatic nitrogens is 1. The van der Waals surface area contributed by atoms with Gasteiger partial charge in [-0.05, 0) is 37.3 Å². The smallest absolute Gasteiger partial charge is 0.223 e. The SMILES string of the molecule is CNC(=O)CC[C@@]1(O)CCCN(C(=O)CCc2cccnc2)C1. The van der Waals surface area contributed by atoms with Crippen LogP contribution in [0.25, 0.3) is 0 Å². The summed E-state index contributed by atoms with van der Waals surface area (Å²) in [6.07, 6.45) is 6.62. The number of likely N-dealkylation sites (tertiary alicyclic amines) is 1. The lowest BCUT2D eigenvalue weighted by Crippen LogP contribution is -2.50. The van der Waals surface area contributed by atoms with Crippen molar-refractivity contribution in [3.05, 3.63) is 30.1 Å². The van der Waals surface area contributed by atoms with Gasteiger partial charge in [0.25, 0.3) is 0 Å². The molecule has 1 atom stereocenters. The number of nitrogens with zero attached hydrogens (tertiary/aromatic N) is 2. The number of rotatable bonds is 6. The van der Waals surface area contributed by atoms with Crippen LogP contribution in [-0.2, 0) is 16.0 Å². The van der Waals surface area contributed by atoms with Gasteiger partial charge in [-0.1, -0.05) is 6.07 Å². The molecule has 1 aliphatic heterocycles. The molecule has 0 bridgehead atoms. The normalized spacial score (nSPS) is 21.0. The van der Waals surface area contributed by atoms with E-state index in [4.69, 9.17) is 0 Å². The number of hydrogen-bond donors (Lipinski definition) is 2. The highest BCUT2D eigenvalue weighted by molar-refractivity contribution is 5.77. The van der Waals surface area contributed by atoms with Crippen molar-refractivity contribution in [2.75, 3.05) is 20.1 Å². The number of aliphatic hydroxyl groups is 1. The van der Waals surface area contributed by atoms with Crippen LogP contribution in [0.5, 0.6) is 0 Å². The second kappa shape index (κ2) is 8.06. The number of pyridine rings is 1. The first-order valence-corrected chi connectivity index (χ1v) is 8.12. The van der Waals surface area contributed by atoms with Crippen molar-refractivity contribution in [3.63, 3.8) is 0 Å². The van der Waals surface area contributed by atoms with E-state index in [0.29, 0.717) is 38.8 Å². The summed E-state index contributed by atoms with van der Waals surface area (Å²) in [6, 6.07) is 3.81. The lowest BCUT2D eigenvalue weighted by molar-refractivity contribution is -0.139. The van der Waals surface area contributed by atoms with Crippen LogP contribution >= 0.6 is 0 Å². The van der Waals surface area contributed by atoms with Gasteiger partial charge in [0.05, 0.1) is 5.60 Å². The second-order valence-corrected chi connectivity index (χ2v) is 6.18. The predicted molar refractivity (Wildman–Crippen MR) is 86.6 cm³/mol. The summed E-state index contributed by atoms with van der Waals surface area (Å²) in [4.78, 5) is 29.5. The van der Waals surface area contributed by atoms with Crippen molar-refractivity contribution in [2.24, 2.45) is 0 Å². The lowest BCUT2D eigenvalue weighted by Gasteiger charge is -2.39. The van der Waals surface area contributed by atoms with Crippen LogP contribution in [0.2, 0.25) is 0 Å². The maximum atomic E-state index is 12.4. The average Bonchev–Trinajstić information content (AvgIpc) is 2.58. The van der Waals surface area contributed by atoms with E-state index in [1.54, 1.807) is 24.3 Å². The fourth-order valence-corrected chi connectivity index (χ4v) is 2.96. The Morgan fingerprint density at radius 3 is 2.96 bits per heavy atom. The third kappa shape index (κ3) is 5.32. The van der Waals surface area contributed by atoms with Crippen molar-refractivity contribution in [1.82, 2.24) is 15.2 Å². The minimum Gasteiger partial charge on any atom is -0.388 e. The molecule has 1 aromatic rings. The molecule has 0 aromatic carbocycles. The molecule has 126 valence electrons. The van der Waals surface area contributed by atoms with Crippen LogP contribution in [0.4, 0.5) is 0 Å². The predicted octanol–water partition coefficient (Wildman–Crippen LogP) is 0.894. The van der Waals surface area contributed by atoms with Gasteiger partial charge in [0.2, 0.25) is 11.8 Å². The molecule has 1 aliphatic rings. The van der Waals surface area contributed by atoms with Crippen LogP contribution in [0.15, 0.2) is 24.5 Å². The van der Waals surface area contributed by atoms with Crippen molar-refractivity contribution in [2.45, 2.75) is 44.1 Å². The van der Waals surface area contributed by atoms with Crippen molar-refractivity contribution >= 4 is 11.8 Å². The molecule has 0 unspecified atom stereocenters. The van der Waals surface area contributed by atoms with E-state index in [9.17, 15) is 14.7 Å². The zero-order valence-electron chi connectivity index (χ0n) is 13.6. The van der Waals surface area contributed by atoms with Gasteiger partial charge in [-0.15, -0.1) is 0 Å². The highest BCUT2D eigenvalue weighted by atomic mass is 16.3. The standard InChI is InChI=1S/C17H25N3O3/c1-18-15(21)7-9-17(23)8-3-11-20(13-17)16(22)6-5-14-4-2-10-19-12-14/h2,4,10,12,23H,3,5-9,11,13H2,1H3,(H,18,21)/t17-/m0/s1. The van der Waals surface area contributed by atoms with Crippen molar-refractivity contribution in [3.8, 4) is 0 Å². The van der Waals surface area contributed by atoms with Gasteiger partial charge >= 0.3 is 0 Å². The number of β-amino-alcohol motifs (C(OH)–C–C–N with tert-alkyl or cyclic N) is 1. The van der Waals surface area contributed by atoms with Crippen molar-refractivity contribution in [1.29, 1.82) is 0 Å². The fraction of sp³-hybridized carbons (Fsp3) is 0.588. The summed E-state index contributed by atoms with van der Waals surface area (Å²) in [5.41, 5.74) is 0.0853. The molecule has 2 heterocycles. The quantitative estimate of drug-likeness (QED) is 0.816. The number of piperidine rings is 1. The molecule has 0 spiro atoms. The lowest BCUT2D eigenvalue weighted by atomic mass is 9.88. The molecular weight excluding hydrogens is 294 g/mol. The van der Waals surface area contributed by atoms with Gasteiger partial charge in [-0.2, -0.15) is 0 Å². The Bertz CT molecular complexity index is 535. The molecule has 2 N–H and O–H groups in total. The van der Waals surface area contributed by atoms with Gasteiger partial charge in [0.1, 0.15) is 0 Å². The molecule has 2 amide bonds. The first kappa shape index (κ1) is 17.4. The van der Waals surface area contributed by atoms with E-state index in [2.05, 4.69) is 10.3 Å². The molecule has 1 saturated heterocycles. The van der Waals surface area contributed by atoms with E-state index in [1.165, 1.54) is 0 Å². The first-order valence-electron chi connectivity index (χ1n) is 8.12. The zero-order valence-corrected chi connectivity index (χ0v) is 13.6. The Balaban J connectivity index is 1.84. The molecule has 2 rings (SSSR count).